The van der Waals surface area contributed by atoms with Crippen molar-refractivity contribution in [2.45, 2.75) is 38.1 Å². The summed E-state index contributed by atoms with van der Waals surface area (Å²) in [6, 6.07) is 15.4. The molecule has 1 unspecified atom stereocenters. The third kappa shape index (κ3) is 6.14. The minimum atomic E-state index is -4.14. The molecule has 0 saturated heterocycles. The largest absolute Gasteiger partial charge is 0.345 e. The summed E-state index contributed by atoms with van der Waals surface area (Å²) in [6.07, 6.45) is 0. The van der Waals surface area contributed by atoms with Crippen molar-refractivity contribution in [3.8, 4) is 0 Å². The smallest absolute Gasteiger partial charge is 0.291 e. The Balaban J connectivity index is 1.77. The maximum atomic E-state index is 12.9. The highest BCUT2D eigenvalue weighted by Gasteiger charge is 2.26. The van der Waals surface area contributed by atoms with E-state index < -0.39 is 21.3 Å². The van der Waals surface area contributed by atoms with Crippen molar-refractivity contribution >= 4 is 44.0 Å². The predicted octanol–water partition coefficient (Wildman–Crippen LogP) is 3.81. The minimum absolute atomic E-state index is 0.0676. The molecule has 174 valence electrons. The molecule has 0 saturated carbocycles. The molecule has 0 spiro atoms. The van der Waals surface area contributed by atoms with E-state index in [0.717, 1.165) is 16.9 Å². The van der Waals surface area contributed by atoms with Crippen LogP contribution in [0, 0.1) is 5.41 Å². The molecule has 3 N–H and O–H groups in total. The Morgan fingerprint density at radius 1 is 0.970 bits per heavy atom. The third-order valence-corrected chi connectivity index (χ3v) is 7.17. The second-order valence-corrected chi connectivity index (χ2v) is 11.2. The van der Waals surface area contributed by atoms with E-state index in [1.54, 1.807) is 32.9 Å². The van der Waals surface area contributed by atoms with Crippen LogP contribution < -0.4 is 15.4 Å². The van der Waals surface area contributed by atoms with Gasteiger partial charge in [-0.1, -0.05) is 74.6 Å². The Labute approximate surface area is 196 Å². The van der Waals surface area contributed by atoms with E-state index >= 15 is 0 Å². The number of hydrogen-bond donors (Lipinski definition) is 3. The zero-order valence-corrected chi connectivity index (χ0v) is 20.3. The van der Waals surface area contributed by atoms with E-state index in [9.17, 15) is 18.0 Å². The lowest BCUT2D eigenvalue weighted by Gasteiger charge is -2.16. The molecule has 0 radical (unpaired) electrons. The zero-order valence-electron chi connectivity index (χ0n) is 18.6. The summed E-state index contributed by atoms with van der Waals surface area (Å²) in [5.74, 6) is -0.745. The monoisotopic (exact) mass is 487 g/mol. The van der Waals surface area contributed by atoms with Crippen molar-refractivity contribution in [3.63, 3.8) is 0 Å². The number of para-hydroxylation sites is 1. The molecular formula is C22H25N5O4S2. The van der Waals surface area contributed by atoms with Crippen molar-refractivity contribution in [3.05, 3.63) is 65.7 Å². The molecule has 1 aromatic heterocycles. The molecular weight excluding hydrogens is 462 g/mol. The van der Waals surface area contributed by atoms with Crippen molar-refractivity contribution in [2.75, 3.05) is 10.0 Å². The van der Waals surface area contributed by atoms with Gasteiger partial charge >= 0.3 is 0 Å². The lowest BCUT2D eigenvalue weighted by molar-refractivity contribution is -0.123. The lowest BCUT2D eigenvalue weighted by Crippen LogP contribution is -2.28. The van der Waals surface area contributed by atoms with Gasteiger partial charge in [0.25, 0.3) is 20.3 Å². The summed E-state index contributed by atoms with van der Waals surface area (Å²) in [4.78, 5) is 25.0. The molecule has 33 heavy (non-hydrogen) atoms. The van der Waals surface area contributed by atoms with Crippen LogP contribution in [0.1, 0.15) is 49.7 Å². The van der Waals surface area contributed by atoms with Crippen molar-refractivity contribution in [2.24, 2.45) is 5.41 Å². The van der Waals surface area contributed by atoms with Crippen LogP contribution in [0.2, 0.25) is 0 Å². The summed E-state index contributed by atoms with van der Waals surface area (Å²) in [5, 5.41) is 12.9. The molecule has 3 aromatic rings. The van der Waals surface area contributed by atoms with Crippen LogP contribution in [-0.2, 0) is 14.8 Å². The average Bonchev–Trinajstić information content (AvgIpc) is 3.23. The van der Waals surface area contributed by atoms with Crippen LogP contribution in [0.4, 0.5) is 10.8 Å². The normalized spacial score (nSPS) is 12.6. The van der Waals surface area contributed by atoms with Crippen LogP contribution >= 0.6 is 11.3 Å². The van der Waals surface area contributed by atoms with E-state index in [1.807, 2.05) is 37.3 Å². The number of nitrogens with one attached hydrogen (secondary N) is 3. The van der Waals surface area contributed by atoms with E-state index in [1.165, 1.54) is 12.1 Å². The first-order valence-electron chi connectivity index (χ1n) is 10.1. The standard InChI is InChI=1S/C22H25N5O4S2/c1-14(15-10-6-5-7-11-15)23-18(28)16-12-8-9-13-17(16)27-33(30,31)21-26-25-20(32-21)24-19(29)22(2,3)4/h5-14,27H,1-4H3,(H,23,28)(H,24,25,29). The second-order valence-electron chi connectivity index (χ2n) is 8.33. The number of anilines is 2. The number of sulfonamides is 1. The highest BCUT2D eigenvalue weighted by molar-refractivity contribution is 7.94. The molecule has 1 atom stereocenters. The number of amides is 2. The fourth-order valence-corrected chi connectivity index (χ4v) is 4.69. The summed E-state index contributed by atoms with van der Waals surface area (Å²) >= 11 is 0.721. The van der Waals surface area contributed by atoms with Gasteiger partial charge in [-0.3, -0.25) is 14.3 Å². The number of carbonyl (C=O) groups excluding carboxylic acids is 2. The molecule has 0 aliphatic carbocycles. The van der Waals surface area contributed by atoms with Crippen molar-refractivity contribution in [1.82, 2.24) is 15.5 Å². The van der Waals surface area contributed by atoms with Crippen LogP contribution in [0.15, 0.2) is 58.9 Å². The number of hydrogen-bond acceptors (Lipinski definition) is 7. The maximum absolute atomic E-state index is 12.9. The molecule has 0 aliphatic heterocycles. The molecule has 9 nitrogen and oxygen atoms in total. The van der Waals surface area contributed by atoms with Gasteiger partial charge in [0.15, 0.2) is 0 Å². The molecule has 0 aliphatic rings. The topological polar surface area (TPSA) is 130 Å². The zero-order chi connectivity index (χ0) is 24.2. The number of benzene rings is 2. The molecule has 1 heterocycles. The SMILES string of the molecule is CC(NC(=O)c1ccccc1NS(=O)(=O)c1nnc(NC(=O)C(C)(C)C)s1)c1ccccc1. The molecule has 11 heteroatoms. The fourth-order valence-electron chi connectivity index (χ4n) is 2.71. The maximum Gasteiger partial charge on any atom is 0.291 e. The van der Waals surface area contributed by atoms with E-state index in [0.29, 0.717) is 0 Å². The number of nitrogens with zero attached hydrogens (tertiary/aromatic N) is 2. The summed E-state index contributed by atoms with van der Waals surface area (Å²) < 4.78 is 27.8. The third-order valence-electron chi connectivity index (χ3n) is 4.60. The van der Waals surface area contributed by atoms with Crippen LogP contribution in [0.25, 0.3) is 0 Å². The highest BCUT2D eigenvalue weighted by Crippen LogP contribution is 2.26. The lowest BCUT2D eigenvalue weighted by atomic mass is 9.96. The van der Waals surface area contributed by atoms with Crippen molar-refractivity contribution < 1.29 is 18.0 Å². The minimum Gasteiger partial charge on any atom is -0.345 e. The molecule has 0 bridgehead atoms. The van der Waals surface area contributed by atoms with Gasteiger partial charge in [0.05, 0.1) is 17.3 Å². The number of rotatable bonds is 7. The van der Waals surface area contributed by atoms with E-state index in [4.69, 9.17) is 0 Å². The van der Waals surface area contributed by atoms with Gasteiger partial charge in [0, 0.05) is 5.41 Å². The Morgan fingerprint density at radius 3 is 2.27 bits per heavy atom. The predicted molar refractivity (Wildman–Crippen MR) is 128 cm³/mol. The van der Waals surface area contributed by atoms with Gasteiger partial charge in [-0.05, 0) is 24.6 Å². The molecule has 3 rings (SSSR count). The van der Waals surface area contributed by atoms with Gasteiger partial charge in [0.1, 0.15) is 0 Å². The quantitative estimate of drug-likeness (QED) is 0.435. The van der Waals surface area contributed by atoms with Crippen LogP contribution in [-0.4, -0.2) is 30.4 Å². The average molecular weight is 488 g/mol. The van der Waals surface area contributed by atoms with Crippen LogP contribution in [0.5, 0.6) is 0 Å². The van der Waals surface area contributed by atoms with Gasteiger partial charge in [-0.25, -0.2) is 0 Å². The molecule has 2 amide bonds. The molecule has 0 fully saturated rings. The van der Waals surface area contributed by atoms with E-state index in [2.05, 4.69) is 25.6 Å². The summed E-state index contributed by atoms with van der Waals surface area (Å²) in [6.45, 7) is 7.02. The first kappa shape index (κ1) is 24.3. The molecule has 2 aromatic carbocycles. The van der Waals surface area contributed by atoms with E-state index in [-0.39, 0.29) is 32.7 Å². The Bertz CT molecular complexity index is 1250. The highest BCUT2D eigenvalue weighted by atomic mass is 32.2. The van der Waals surface area contributed by atoms with Gasteiger partial charge in [-0.15, -0.1) is 10.2 Å². The van der Waals surface area contributed by atoms with Gasteiger partial charge < -0.3 is 10.6 Å². The Hall–Kier alpha value is -3.31. The van der Waals surface area contributed by atoms with Crippen LogP contribution in [0.3, 0.4) is 0 Å². The number of carbonyl (C=O) groups is 2. The first-order chi connectivity index (χ1) is 15.5. The Morgan fingerprint density at radius 2 is 1.61 bits per heavy atom. The van der Waals surface area contributed by atoms with Gasteiger partial charge in [0.2, 0.25) is 11.0 Å². The number of aromatic nitrogens is 2. The summed E-state index contributed by atoms with van der Waals surface area (Å²) in [7, 11) is -4.14. The fraction of sp³-hybridized carbons (Fsp3) is 0.273. The first-order valence-corrected chi connectivity index (χ1v) is 12.4. The summed E-state index contributed by atoms with van der Waals surface area (Å²) in [5.41, 5.74) is 0.509. The Kier molecular flexibility index (Phi) is 7.13. The second kappa shape index (κ2) is 9.67. The van der Waals surface area contributed by atoms with Gasteiger partial charge in [-0.2, -0.15) is 8.42 Å². The van der Waals surface area contributed by atoms with Crippen molar-refractivity contribution in [1.29, 1.82) is 0 Å².